The van der Waals surface area contributed by atoms with Crippen LogP contribution in [-0.2, 0) is 0 Å². The van der Waals surface area contributed by atoms with Crippen LogP contribution in [0.15, 0.2) is 66.9 Å². The Bertz CT molecular complexity index is 886. The van der Waals surface area contributed by atoms with Gasteiger partial charge in [0.2, 0.25) is 0 Å². The third-order valence-electron chi connectivity index (χ3n) is 5.19. The molecule has 0 radical (unpaired) electrons. The van der Waals surface area contributed by atoms with Gasteiger partial charge in [0, 0.05) is 6.54 Å². The lowest BCUT2D eigenvalue weighted by molar-refractivity contribution is 0.0611. The summed E-state index contributed by atoms with van der Waals surface area (Å²) < 4.78 is 1.84. The maximum Gasteiger partial charge on any atom is 0.257 e. The molecule has 0 N–H and O–H groups in total. The van der Waals surface area contributed by atoms with Gasteiger partial charge in [0.05, 0.1) is 29.2 Å². The van der Waals surface area contributed by atoms with Gasteiger partial charge >= 0.3 is 0 Å². The third-order valence-corrected chi connectivity index (χ3v) is 5.19. The van der Waals surface area contributed by atoms with Crippen molar-refractivity contribution in [3.63, 3.8) is 0 Å². The van der Waals surface area contributed by atoms with Crippen molar-refractivity contribution in [2.45, 2.75) is 32.2 Å². The number of hydrogen-bond acceptors (Lipinski definition) is 2. The highest BCUT2D eigenvalue weighted by molar-refractivity contribution is 5.95. The van der Waals surface area contributed by atoms with Gasteiger partial charge in [-0.3, -0.25) is 4.79 Å². The largest absolute Gasteiger partial charge is 0.332 e. The number of hydrogen-bond donors (Lipinski definition) is 0. The summed E-state index contributed by atoms with van der Waals surface area (Å²) in [6.45, 7) is 2.77. The Morgan fingerprint density at radius 3 is 2.42 bits per heavy atom. The summed E-state index contributed by atoms with van der Waals surface area (Å²) in [4.78, 5) is 15.3. The highest BCUT2D eigenvalue weighted by Crippen LogP contribution is 2.32. The Balaban J connectivity index is 1.65. The van der Waals surface area contributed by atoms with Crippen molar-refractivity contribution in [2.75, 3.05) is 6.54 Å². The Kier molecular flexibility index (Phi) is 4.57. The lowest BCUT2D eigenvalue weighted by atomic mass is 9.94. The number of likely N-dealkylation sites (tertiary alicyclic amines) is 1. The molecule has 1 saturated heterocycles. The molecule has 4 rings (SSSR count). The fourth-order valence-electron chi connectivity index (χ4n) is 3.80. The zero-order valence-electron chi connectivity index (χ0n) is 15.0. The van der Waals surface area contributed by atoms with Crippen molar-refractivity contribution < 1.29 is 4.79 Å². The van der Waals surface area contributed by atoms with Crippen LogP contribution >= 0.6 is 0 Å². The van der Waals surface area contributed by atoms with Crippen molar-refractivity contribution in [2.24, 2.45) is 0 Å². The summed E-state index contributed by atoms with van der Waals surface area (Å²) in [6.07, 6.45) is 4.94. The predicted molar refractivity (Wildman–Crippen MR) is 102 cm³/mol. The average molecular weight is 345 g/mol. The molecule has 0 saturated carbocycles. The van der Waals surface area contributed by atoms with Gasteiger partial charge in [0.1, 0.15) is 0 Å². The summed E-state index contributed by atoms with van der Waals surface area (Å²) in [6, 6.07) is 20.5. The van der Waals surface area contributed by atoms with E-state index in [9.17, 15) is 4.79 Å². The van der Waals surface area contributed by atoms with Crippen molar-refractivity contribution in [1.29, 1.82) is 0 Å². The molecular weight excluding hydrogens is 322 g/mol. The first kappa shape index (κ1) is 16.6. The Hall–Kier alpha value is -2.88. The van der Waals surface area contributed by atoms with Crippen LogP contribution in [0.1, 0.15) is 46.9 Å². The van der Waals surface area contributed by atoms with Gasteiger partial charge in [0.25, 0.3) is 5.91 Å². The molecule has 1 atom stereocenters. The molecule has 1 aromatic heterocycles. The lowest BCUT2D eigenvalue weighted by Crippen LogP contribution is -2.38. The van der Waals surface area contributed by atoms with Crippen molar-refractivity contribution in [1.82, 2.24) is 14.7 Å². The zero-order valence-corrected chi connectivity index (χ0v) is 15.0. The van der Waals surface area contributed by atoms with E-state index in [0.29, 0.717) is 5.56 Å². The first-order valence-electron chi connectivity index (χ1n) is 9.21. The van der Waals surface area contributed by atoms with E-state index in [1.54, 1.807) is 6.20 Å². The molecule has 0 bridgehead atoms. The second-order valence-electron chi connectivity index (χ2n) is 6.81. The van der Waals surface area contributed by atoms with Crippen LogP contribution in [0.25, 0.3) is 5.69 Å². The Morgan fingerprint density at radius 1 is 1.00 bits per heavy atom. The number of carbonyl (C=O) groups excluding carboxylic acids is 1. The van der Waals surface area contributed by atoms with Gasteiger partial charge in [-0.2, -0.15) is 5.10 Å². The first-order chi connectivity index (χ1) is 12.8. The zero-order chi connectivity index (χ0) is 17.9. The minimum atomic E-state index is 0.0817. The first-order valence-corrected chi connectivity index (χ1v) is 9.21. The molecule has 1 fully saturated rings. The summed E-state index contributed by atoms with van der Waals surface area (Å²) in [7, 11) is 0. The second kappa shape index (κ2) is 7.16. The van der Waals surface area contributed by atoms with E-state index in [0.717, 1.165) is 37.2 Å². The lowest BCUT2D eigenvalue weighted by Gasteiger charge is -2.36. The topological polar surface area (TPSA) is 38.1 Å². The van der Waals surface area contributed by atoms with E-state index >= 15 is 0 Å². The third kappa shape index (κ3) is 3.03. The molecule has 4 heteroatoms. The van der Waals surface area contributed by atoms with Crippen LogP contribution in [0, 0.1) is 6.92 Å². The second-order valence-corrected chi connectivity index (χ2v) is 6.81. The highest BCUT2D eigenvalue weighted by Gasteiger charge is 2.30. The Morgan fingerprint density at radius 2 is 1.69 bits per heavy atom. The fourth-order valence-corrected chi connectivity index (χ4v) is 3.80. The summed E-state index contributed by atoms with van der Waals surface area (Å²) >= 11 is 0. The highest BCUT2D eigenvalue weighted by atomic mass is 16.2. The number of aromatic nitrogens is 2. The Labute approximate surface area is 154 Å². The molecule has 1 aliphatic rings. The van der Waals surface area contributed by atoms with Gasteiger partial charge in [-0.25, -0.2) is 4.68 Å². The monoisotopic (exact) mass is 345 g/mol. The van der Waals surface area contributed by atoms with Crippen LogP contribution in [0.2, 0.25) is 0 Å². The molecule has 132 valence electrons. The van der Waals surface area contributed by atoms with Crippen molar-refractivity contribution in [3.8, 4) is 5.69 Å². The molecule has 0 aliphatic carbocycles. The van der Waals surface area contributed by atoms with Gasteiger partial charge in [0.15, 0.2) is 0 Å². The van der Waals surface area contributed by atoms with E-state index in [2.05, 4.69) is 17.2 Å². The molecule has 3 aromatic rings. The molecule has 1 amide bonds. The van der Waals surface area contributed by atoms with E-state index < -0.39 is 0 Å². The average Bonchev–Trinajstić information content (AvgIpc) is 3.10. The van der Waals surface area contributed by atoms with Crippen molar-refractivity contribution >= 4 is 5.91 Å². The molecule has 2 aromatic carbocycles. The number of piperidine rings is 1. The number of amides is 1. The molecule has 1 aliphatic heterocycles. The van der Waals surface area contributed by atoms with E-state index in [1.165, 1.54) is 5.56 Å². The summed E-state index contributed by atoms with van der Waals surface area (Å²) in [5.74, 6) is 0.0817. The fraction of sp³-hybridized carbons (Fsp3) is 0.273. The van der Waals surface area contributed by atoms with Crippen LogP contribution in [0.5, 0.6) is 0 Å². The summed E-state index contributed by atoms with van der Waals surface area (Å²) in [5.41, 5.74) is 3.77. The van der Waals surface area contributed by atoms with Crippen LogP contribution in [0.4, 0.5) is 0 Å². The van der Waals surface area contributed by atoms with Gasteiger partial charge < -0.3 is 4.90 Å². The van der Waals surface area contributed by atoms with Gasteiger partial charge in [-0.05, 0) is 43.9 Å². The maximum absolute atomic E-state index is 13.3. The standard InChI is InChI=1S/C22H23N3O/c1-17-20(16-23-25(17)19-12-6-3-7-13-19)22(26)24-15-9-8-14-21(24)18-10-4-2-5-11-18/h2-7,10-13,16,21H,8-9,14-15H2,1H3. The number of carbonyl (C=O) groups is 1. The maximum atomic E-state index is 13.3. The summed E-state index contributed by atoms with van der Waals surface area (Å²) in [5, 5.41) is 4.47. The predicted octanol–water partition coefficient (Wildman–Crippen LogP) is 4.55. The van der Waals surface area contributed by atoms with Crippen molar-refractivity contribution in [3.05, 3.63) is 83.7 Å². The van der Waals surface area contributed by atoms with E-state index in [1.807, 2.05) is 65.0 Å². The number of rotatable bonds is 3. The normalized spacial score (nSPS) is 17.3. The van der Waals surface area contributed by atoms with Crippen LogP contribution in [-0.4, -0.2) is 27.1 Å². The minimum Gasteiger partial charge on any atom is -0.332 e. The molecule has 4 nitrogen and oxygen atoms in total. The quantitative estimate of drug-likeness (QED) is 0.698. The van der Waals surface area contributed by atoms with Crippen LogP contribution < -0.4 is 0 Å². The van der Waals surface area contributed by atoms with E-state index in [4.69, 9.17) is 0 Å². The number of para-hydroxylation sites is 1. The number of nitrogens with zero attached hydrogens (tertiary/aromatic N) is 3. The minimum absolute atomic E-state index is 0.0817. The number of benzene rings is 2. The molecule has 26 heavy (non-hydrogen) atoms. The van der Waals surface area contributed by atoms with E-state index in [-0.39, 0.29) is 11.9 Å². The SMILES string of the molecule is Cc1c(C(=O)N2CCCCC2c2ccccc2)cnn1-c1ccccc1. The van der Waals surface area contributed by atoms with Gasteiger partial charge in [-0.1, -0.05) is 48.5 Å². The molecule has 1 unspecified atom stereocenters. The van der Waals surface area contributed by atoms with Gasteiger partial charge in [-0.15, -0.1) is 0 Å². The molecule has 2 heterocycles. The molecule has 0 spiro atoms. The molecular formula is C22H23N3O. The smallest absolute Gasteiger partial charge is 0.257 e. The van der Waals surface area contributed by atoms with Crippen LogP contribution in [0.3, 0.4) is 0 Å².